The number of H-pyrrole nitrogens is 1. The number of anilines is 1. The first-order chi connectivity index (χ1) is 14.2. The van der Waals surface area contributed by atoms with Gasteiger partial charge in [0.05, 0.1) is 35.2 Å². The maximum Gasteiger partial charge on any atom is 0.234 e. The average Bonchev–Trinajstić information content (AvgIpc) is 3.19. The molecule has 1 amide bonds. The fraction of sp³-hybridized carbons (Fsp3) is 0.364. The van der Waals surface area contributed by atoms with E-state index in [4.69, 9.17) is 4.74 Å². The van der Waals surface area contributed by atoms with E-state index in [2.05, 4.69) is 39.2 Å². The summed E-state index contributed by atoms with van der Waals surface area (Å²) in [5.41, 5.74) is 4.06. The predicted molar refractivity (Wildman–Crippen MR) is 118 cm³/mol. The van der Waals surface area contributed by atoms with E-state index in [0.717, 1.165) is 55.4 Å². The molecule has 1 aliphatic rings. The van der Waals surface area contributed by atoms with Gasteiger partial charge in [-0.2, -0.15) is 0 Å². The van der Waals surface area contributed by atoms with Crippen LogP contribution in [0.4, 0.5) is 5.69 Å². The van der Waals surface area contributed by atoms with E-state index in [1.807, 2.05) is 36.4 Å². The number of nitrogens with one attached hydrogen (secondary N) is 2. The Morgan fingerprint density at radius 1 is 1.21 bits per heavy atom. The number of morpholine rings is 1. The number of thioether (sulfide) groups is 1. The van der Waals surface area contributed by atoms with Crippen molar-refractivity contribution in [2.24, 2.45) is 0 Å². The molecule has 2 N–H and O–H groups in total. The molecular formula is C22H26N4O2S. The average molecular weight is 411 g/mol. The zero-order valence-electron chi connectivity index (χ0n) is 16.6. The van der Waals surface area contributed by atoms with Crippen LogP contribution in [0.5, 0.6) is 0 Å². The van der Waals surface area contributed by atoms with Crippen molar-refractivity contribution in [2.45, 2.75) is 18.7 Å². The van der Waals surface area contributed by atoms with Crippen LogP contribution in [0.25, 0.3) is 11.0 Å². The number of imidazole rings is 1. The highest BCUT2D eigenvalue weighted by Gasteiger charge is 2.14. The van der Waals surface area contributed by atoms with Crippen molar-refractivity contribution < 1.29 is 9.53 Å². The smallest absolute Gasteiger partial charge is 0.234 e. The Hall–Kier alpha value is -2.35. The van der Waals surface area contributed by atoms with Gasteiger partial charge in [0.15, 0.2) is 0 Å². The van der Waals surface area contributed by atoms with Gasteiger partial charge in [-0.05, 0) is 36.8 Å². The number of aromatic nitrogens is 2. The summed E-state index contributed by atoms with van der Waals surface area (Å²) in [6, 6.07) is 16.1. The van der Waals surface area contributed by atoms with Gasteiger partial charge in [0.2, 0.25) is 5.91 Å². The van der Waals surface area contributed by atoms with Crippen LogP contribution in [-0.2, 0) is 16.1 Å². The van der Waals surface area contributed by atoms with E-state index in [9.17, 15) is 4.79 Å². The second-order valence-corrected chi connectivity index (χ2v) is 8.56. The standard InChI is InChI=1S/C22H26N4O2S/c1-16(22-24-19-4-2-3-5-20(19)25-22)29-15-21(27)23-18-8-6-17(7-9-18)14-26-10-12-28-13-11-26/h2-9,16H,10-15H2,1H3,(H,23,27)(H,24,25). The Morgan fingerprint density at radius 3 is 2.72 bits per heavy atom. The highest BCUT2D eigenvalue weighted by Crippen LogP contribution is 2.27. The minimum Gasteiger partial charge on any atom is -0.379 e. The molecular weight excluding hydrogens is 384 g/mol. The Balaban J connectivity index is 1.25. The zero-order chi connectivity index (χ0) is 20.1. The van der Waals surface area contributed by atoms with E-state index in [0.29, 0.717) is 5.75 Å². The summed E-state index contributed by atoms with van der Waals surface area (Å²) in [6.07, 6.45) is 0. The summed E-state index contributed by atoms with van der Waals surface area (Å²) < 4.78 is 5.39. The van der Waals surface area contributed by atoms with Crippen molar-refractivity contribution >= 4 is 34.4 Å². The van der Waals surface area contributed by atoms with Crippen LogP contribution in [0.15, 0.2) is 48.5 Å². The molecule has 0 aliphatic carbocycles. The zero-order valence-corrected chi connectivity index (χ0v) is 17.4. The SMILES string of the molecule is CC(SCC(=O)Nc1ccc(CN2CCOCC2)cc1)c1nc2ccccc2[nH]1. The number of benzene rings is 2. The molecule has 1 saturated heterocycles. The molecule has 2 aromatic carbocycles. The van der Waals surface area contributed by atoms with Crippen LogP contribution in [0.3, 0.4) is 0 Å². The second-order valence-electron chi connectivity index (χ2n) is 7.23. The second kappa shape index (κ2) is 9.43. The lowest BCUT2D eigenvalue weighted by atomic mass is 10.2. The van der Waals surface area contributed by atoms with Crippen LogP contribution in [0.1, 0.15) is 23.6 Å². The number of carbonyl (C=O) groups is 1. The minimum atomic E-state index is -0.00103. The number of nitrogens with zero attached hydrogens (tertiary/aromatic N) is 2. The van der Waals surface area contributed by atoms with Gasteiger partial charge in [-0.1, -0.05) is 24.3 Å². The van der Waals surface area contributed by atoms with Crippen LogP contribution in [0.2, 0.25) is 0 Å². The molecule has 6 nitrogen and oxygen atoms in total. The molecule has 7 heteroatoms. The maximum atomic E-state index is 12.3. The predicted octanol–water partition coefficient (Wildman–Crippen LogP) is 3.83. The van der Waals surface area contributed by atoms with Gasteiger partial charge in [-0.3, -0.25) is 9.69 Å². The first-order valence-corrected chi connectivity index (χ1v) is 11.0. The number of hydrogen-bond acceptors (Lipinski definition) is 5. The largest absolute Gasteiger partial charge is 0.379 e. The van der Waals surface area contributed by atoms with Crippen LogP contribution < -0.4 is 5.32 Å². The van der Waals surface area contributed by atoms with Crippen molar-refractivity contribution in [3.63, 3.8) is 0 Å². The third kappa shape index (κ3) is 5.38. The van der Waals surface area contributed by atoms with Crippen molar-refractivity contribution in [1.82, 2.24) is 14.9 Å². The highest BCUT2D eigenvalue weighted by molar-refractivity contribution is 8.00. The van der Waals surface area contributed by atoms with Crippen molar-refractivity contribution in [3.8, 4) is 0 Å². The third-order valence-corrected chi connectivity index (χ3v) is 6.16. The van der Waals surface area contributed by atoms with E-state index in [-0.39, 0.29) is 11.2 Å². The molecule has 29 heavy (non-hydrogen) atoms. The molecule has 3 aromatic rings. The minimum absolute atomic E-state index is 0.00103. The fourth-order valence-electron chi connectivity index (χ4n) is 3.35. The summed E-state index contributed by atoms with van der Waals surface area (Å²) in [7, 11) is 0. The molecule has 0 saturated carbocycles. The number of fused-ring (bicyclic) bond motifs is 1. The van der Waals surface area contributed by atoms with Crippen LogP contribution >= 0.6 is 11.8 Å². The van der Waals surface area contributed by atoms with Crippen molar-refractivity contribution in [3.05, 3.63) is 59.9 Å². The lowest BCUT2D eigenvalue weighted by Crippen LogP contribution is -2.35. The topological polar surface area (TPSA) is 70.2 Å². The number of aromatic amines is 1. The number of ether oxygens (including phenoxy) is 1. The molecule has 1 aromatic heterocycles. The van der Waals surface area contributed by atoms with Gasteiger partial charge in [0.25, 0.3) is 0 Å². The van der Waals surface area contributed by atoms with E-state index < -0.39 is 0 Å². The summed E-state index contributed by atoms with van der Waals surface area (Å²) >= 11 is 1.57. The number of para-hydroxylation sites is 2. The molecule has 0 spiro atoms. The summed E-state index contributed by atoms with van der Waals surface area (Å²) in [5, 5.41) is 3.10. The van der Waals surface area contributed by atoms with E-state index in [1.165, 1.54) is 5.56 Å². The van der Waals surface area contributed by atoms with Crippen molar-refractivity contribution in [1.29, 1.82) is 0 Å². The summed E-state index contributed by atoms with van der Waals surface area (Å²) in [4.78, 5) is 22.7. The van der Waals surface area contributed by atoms with Gasteiger partial charge in [-0.15, -0.1) is 11.8 Å². The molecule has 1 atom stereocenters. The highest BCUT2D eigenvalue weighted by atomic mass is 32.2. The molecule has 1 unspecified atom stereocenters. The van der Waals surface area contributed by atoms with Crippen LogP contribution in [-0.4, -0.2) is 52.8 Å². The molecule has 0 bridgehead atoms. The molecule has 0 radical (unpaired) electrons. The van der Waals surface area contributed by atoms with Gasteiger partial charge in [-0.25, -0.2) is 4.98 Å². The maximum absolute atomic E-state index is 12.3. The summed E-state index contributed by atoms with van der Waals surface area (Å²) in [6.45, 7) is 6.54. The van der Waals surface area contributed by atoms with Gasteiger partial charge >= 0.3 is 0 Å². The Kier molecular flexibility index (Phi) is 6.49. The lowest BCUT2D eigenvalue weighted by molar-refractivity contribution is -0.113. The Morgan fingerprint density at radius 2 is 1.97 bits per heavy atom. The van der Waals surface area contributed by atoms with E-state index in [1.54, 1.807) is 11.8 Å². The van der Waals surface area contributed by atoms with Gasteiger partial charge < -0.3 is 15.0 Å². The quantitative estimate of drug-likeness (QED) is 0.620. The first-order valence-electron chi connectivity index (χ1n) is 9.92. The van der Waals surface area contributed by atoms with Crippen LogP contribution in [0, 0.1) is 0 Å². The van der Waals surface area contributed by atoms with E-state index >= 15 is 0 Å². The monoisotopic (exact) mass is 410 g/mol. The molecule has 1 aliphatic heterocycles. The molecule has 152 valence electrons. The number of hydrogen-bond donors (Lipinski definition) is 2. The molecule has 1 fully saturated rings. The fourth-order valence-corrected chi connectivity index (χ4v) is 4.10. The molecule has 4 rings (SSSR count). The number of rotatable bonds is 7. The Bertz CT molecular complexity index is 918. The molecule has 2 heterocycles. The van der Waals surface area contributed by atoms with Gasteiger partial charge in [0, 0.05) is 25.3 Å². The van der Waals surface area contributed by atoms with Gasteiger partial charge in [0.1, 0.15) is 5.82 Å². The normalized spacial score (nSPS) is 16.0. The number of amides is 1. The Labute approximate surface area is 175 Å². The van der Waals surface area contributed by atoms with Crippen molar-refractivity contribution in [2.75, 3.05) is 37.4 Å². The third-order valence-electron chi connectivity index (χ3n) is 5.00. The lowest BCUT2D eigenvalue weighted by Gasteiger charge is -2.26. The first kappa shape index (κ1) is 19.9. The number of carbonyl (C=O) groups excluding carboxylic acids is 1. The summed E-state index contributed by atoms with van der Waals surface area (Å²) in [5.74, 6) is 1.28.